The number of carbonyl (C=O) groups excluding carboxylic acids is 1. The number of fused-ring (bicyclic) bond motifs is 1. The second kappa shape index (κ2) is 3.99. The van der Waals surface area contributed by atoms with Crippen molar-refractivity contribution in [3.05, 3.63) is 42.4 Å². The molecule has 0 atom stereocenters. The zero-order valence-electron chi connectivity index (χ0n) is 9.51. The molecule has 6 heteroatoms. The third-order valence-corrected chi connectivity index (χ3v) is 2.40. The molecular weight excluding hydrogens is 234 g/mol. The molecule has 2 aromatic heterocycles. The van der Waals surface area contributed by atoms with Gasteiger partial charge in [-0.1, -0.05) is 0 Å². The summed E-state index contributed by atoms with van der Waals surface area (Å²) >= 11 is 0. The highest BCUT2D eigenvalue weighted by Crippen LogP contribution is 2.18. The van der Waals surface area contributed by atoms with E-state index in [1.165, 1.54) is 12.6 Å². The maximum atomic E-state index is 11.8. The van der Waals surface area contributed by atoms with Crippen LogP contribution >= 0.6 is 0 Å². The lowest BCUT2D eigenvalue weighted by Gasteiger charge is -2.01. The van der Waals surface area contributed by atoms with Gasteiger partial charge in [0.15, 0.2) is 12.0 Å². The summed E-state index contributed by atoms with van der Waals surface area (Å²) in [6.07, 6.45) is 2.85. The van der Waals surface area contributed by atoms with Crippen molar-refractivity contribution in [3.63, 3.8) is 0 Å². The molecule has 1 aromatic carbocycles. The lowest BCUT2D eigenvalue weighted by molar-refractivity contribution is 0.0989. The molecule has 0 unspecified atom stereocenters. The Kier molecular flexibility index (Phi) is 2.33. The van der Waals surface area contributed by atoms with Crippen molar-refractivity contribution in [2.45, 2.75) is 6.92 Å². The Balaban J connectivity index is 1.85. The molecule has 1 amide bonds. The number of aromatic nitrogens is 2. The highest BCUT2D eigenvalue weighted by atomic mass is 16.4. The molecular formula is C12H9N3O3. The first-order valence-electron chi connectivity index (χ1n) is 5.29. The zero-order chi connectivity index (χ0) is 12.5. The van der Waals surface area contributed by atoms with E-state index < -0.39 is 5.91 Å². The number of aryl methyl sites for hydroxylation is 1. The average Bonchev–Trinajstić information content (AvgIpc) is 2.96. The van der Waals surface area contributed by atoms with Crippen molar-refractivity contribution in [3.8, 4) is 0 Å². The number of oxazole rings is 2. The number of benzene rings is 1. The first kappa shape index (κ1) is 10.5. The van der Waals surface area contributed by atoms with Gasteiger partial charge in [-0.05, 0) is 25.1 Å². The molecule has 18 heavy (non-hydrogen) atoms. The minimum absolute atomic E-state index is 0.0350. The maximum Gasteiger partial charge on any atom is 0.311 e. The van der Waals surface area contributed by atoms with Crippen LogP contribution in [0.2, 0.25) is 0 Å². The van der Waals surface area contributed by atoms with Gasteiger partial charge >= 0.3 is 5.91 Å². The highest BCUT2D eigenvalue weighted by molar-refractivity contribution is 6.01. The van der Waals surface area contributed by atoms with E-state index in [0.29, 0.717) is 22.5 Å². The second-order valence-corrected chi connectivity index (χ2v) is 3.77. The van der Waals surface area contributed by atoms with Crippen molar-refractivity contribution in [2.24, 2.45) is 0 Å². The van der Waals surface area contributed by atoms with Gasteiger partial charge < -0.3 is 14.2 Å². The normalized spacial score (nSPS) is 10.7. The van der Waals surface area contributed by atoms with Gasteiger partial charge in [0, 0.05) is 5.69 Å². The van der Waals surface area contributed by atoms with Crippen LogP contribution in [-0.4, -0.2) is 15.9 Å². The number of carbonyl (C=O) groups is 1. The van der Waals surface area contributed by atoms with Crippen LogP contribution in [0, 0.1) is 6.92 Å². The van der Waals surface area contributed by atoms with Crippen LogP contribution in [0.3, 0.4) is 0 Å². The molecule has 6 nitrogen and oxygen atoms in total. The standard InChI is InChI=1S/C12H9N3O3/c1-7-5-13-12(18-7)11(16)15-8-2-3-10-9(4-8)14-6-17-10/h2-6H,1H3,(H,15,16). The van der Waals surface area contributed by atoms with Gasteiger partial charge in [0.2, 0.25) is 0 Å². The number of nitrogens with zero attached hydrogens (tertiary/aromatic N) is 2. The van der Waals surface area contributed by atoms with Gasteiger partial charge in [-0.2, -0.15) is 0 Å². The van der Waals surface area contributed by atoms with E-state index in [1.807, 2.05) is 0 Å². The summed E-state index contributed by atoms with van der Waals surface area (Å²) in [7, 11) is 0. The van der Waals surface area contributed by atoms with Crippen LogP contribution in [0.5, 0.6) is 0 Å². The molecule has 0 aliphatic rings. The largest absolute Gasteiger partial charge is 0.443 e. The van der Waals surface area contributed by atoms with E-state index >= 15 is 0 Å². The van der Waals surface area contributed by atoms with E-state index in [9.17, 15) is 4.79 Å². The number of anilines is 1. The van der Waals surface area contributed by atoms with Crippen molar-refractivity contribution in [1.82, 2.24) is 9.97 Å². The molecule has 1 N–H and O–H groups in total. The minimum Gasteiger partial charge on any atom is -0.443 e. The molecule has 2 heterocycles. The third-order valence-electron chi connectivity index (χ3n) is 2.40. The van der Waals surface area contributed by atoms with Crippen molar-refractivity contribution in [1.29, 1.82) is 0 Å². The van der Waals surface area contributed by atoms with Crippen molar-refractivity contribution in [2.75, 3.05) is 5.32 Å². The molecule has 0 bridgehead atoms. The Labute approximate surface area is 102 Å². The molecule has 0 spiro atoms. The van der Waals surface area contributed by atoms with E-state index in [-0.39, 0.29) is 5.89 Å². The summed E-state index contributed by atoms with van der Waals surface area (Å²) in [6, 6.07) is 5.17. The predicted octanol–water partition coefficient (Wildman–Crippen LogP) is 2.38. The number of hydrogen-bond acceptors (Lipinski definition) is 5. The Morgan fingerprint density at radius 3 is 3.00 bits per heavy atom. The van der Waals surface area contributed by atoms with Crippen molar-refractivity contribution >= 4 is 22.7 Å². The molecule has 0 saturated carbocycles. The van der Waals surface area contributed by atoms with Crippen LogP contribution in [0.15, 0.2) is 39.6 Å². The summed E-state index contributed by atoms with van der Waals surface area (Å²) < 4.78 is 10.2. The fraction of sp³-hybridized carbons (Fsp3) is 0.0833. The number of rotatable bonds is 2. The van der Waals surface area contributed by atoms with Gasteiger partial charge in [0.05, 0.1) is 6.20 Å². The molecule has 90 valence electrons. The summed E-state index contributed by atoms with van der Waals surface area (Å²) in [5, 5.41) is 2.68. The monoisotopic (exact) mass is 243 g/mol. The number of nitrogens with one attached hydrogen (secondary N) is 1. The summed E-state index contributed by atoms with van der Waals surface area (Å²) in [4.78, 5) is 19.6. The predicted molar refractivity (Wildman–Crippen MR) is 63.2 cm³/mol. The molecule has 0 aliphatic carbocycles. The zero-order valence-corrected chi connectivity index (χ0v) is 9.51. The first-order chi connectivity index (χ1) is 8.72. The molecule has 0 radical (unpaired) electrons. The Morgan fingerprint density at radius 1 is 1.33 bits per heavy atom. The molecule has 3 aromatic rings. The fourth-order valence-electron chi connectivity index (χ4n) is 1.58. The van der Waals surface area contributed by atoms with Crippen LogP contribution in [-0.2, 0) is 0 Å². The third kappa shape index (κ3) is 1.84. The van der Waals surface area contributed by atoms with Gasteiger partial charge in [-0.25, -0.2) is 9.97 Å². The lowest BCUT2D eigenvalue weighted by Crippen LogP contribution is -2.12. The van der Waals surface area contributed by atoms with Gasteiger partial charge in [0.1, 0.15) is 11.3 Å². The van der Waals surface area contributed by atoms with Gasteiger partial charge in [-0.15, -0.1) is 0 Å². The minimum atomic E-state index is -0.397. The molecule has 3 rings (SSSR count). The Hall–Kier alpha value is -2.63. The fourth-order valence-corrected chi connectivity index (χ4v) is 1.58. The van der Waals surface area contributed by atoms with E-state index in [4.69, 9.17) is 8.83 Å². The van der Waals surface area contributed by atoms with Gasteiger partial charge in [0.25, 0.3) is 5.89 Å². The summed E-state index contributed by atoms with van der Waals surface area (Å²) in [5.41, 5.74) is 1.95. The quantitative estimate of drug-likeness (QED) is 0.747. The van der Waals surface area contributed by atoms with Gasteiger partial charge in [-0.3, -0.25) is 4.79 Å². The highest BCUT2D eigenvalue weighted by Gasteiger charge is 2.12. The second-order valence-electron chi connectivity index (χ2n) is 3.77. The van der Waals surface area contributed by atoms with Crippen LogP contribution < -0.4 is 5.32 Å². The Morgan fingerprint density at radius 2 is 2.22 bits per heavy atom. The Bertz CT molecular complexity index is 714. The van der Waals surface area contributed by atoms with E-state index in [1.54, 1.807) is 25.1 Å². The molecule has 0 aliphatic heterocycles. The summed E-state index contributed by atoms with van der Waals surface area (Å²) in [6.45, 7) is 1.73. The number of hydrogen-bond donors (Lipinski definition) is 1. The van der Waals surface area contributed by atoms with Crippen LogP contribution in [0.25, 0.3) is 11.1 Å². The lowest BCUT2D eigenvalue weighted by atomic mass is 10.3. The van der Waals surface area contributed by atoms with Crippen molar-refractivity contribution < 1.29 is 13.6 Å². The SMILES string of the molecule is Cc1cnc(C(=O)Nc2ccc3ocnc3c2)o1. The van der Waals surface area contributed by atoms with E-state index in [0.717, 1.165) is 0 Å². The molecule has 0 saturated heterocycles. The first-order valence-corrected chi connectivity index (χ1v) is 5.29. The number of amides is 1. The smallest absolute Gasteiger partial charge is 0.311 e. The topological polar surface area (TPSA) is 81.2 Å². The van der Waals surface area contributed by atoms with Crippen LogP contribution in [0.1, 0.15) is 16.4 Å². The van der Waals surface area contributed by atoms with Crippen LogP contribution in [0.4, 0.5) is 5.69 Å². The molecule has 0 fully saturated rings. The summed E-state index contributed by atoms with van der Waals surface area (Å²) in [5.74, 6) is 0.228. The van der Waals surface area contributed by atoms with E-state index in [2.05, 4.69) is 15.3 Å². The maximum absolute atomic E-state index is 11.8. The average molecular weight is 243 g/mol.